The van der Waals surface area contributed by atoms with Gasteiger partial charge in [-0.1, -0.05) is 11.6 Å². The molecular weight excluding hydrogens is 278 g/mol. The molecule has 0 saturated carbocycles. The standard InChI is InChI=1S/C14H14ClN3S/c1-8(2)18-12-4-3-9(15)7-11(12)17-14(18)10-5-6-19-13(10)16/h3-8H,16H2,1-2H3. The third kappa shape index (κ3) is 2.01. The van der Waals surface area contributed by atoms with Crippen molar-refractivity contribution in [2.45, 2.75) is 19.9 Å². The molecule has 2 N–H and O–H groups in total. The second-order valence-corrected chi connectivity index (χ2v) is 6.11. The zero-order chi connectivity index (χ0) is 13.6. The highest BCUT2D eigenvalue weighted by molar-refractivity contribution is 7.14. The minimum atomic E-state index is 0.306. The number of halogens is 1. The molecule has 19 heavy (non-hydrogen) atoms. The Morgan fingerprint density at radius 1 is 1.32 bits per heavy atom. The first-order valence-electron chi connectivity index (χ1n) is 6.08. The van der Waals surface area contributed by atoms with Crippen molar-refractivity contribution in [1.82, 2.24) is 9.55 Å². The molecule has 1 aromatic carbocycles. The fourth-order valence-corrected chi connectivity index (χ4v) is 3.09. The van der Waals surface area contributed by atoms with Crippen LogP contribution in [-0.2, 0) is 0 Å². The lowest BCUT2D eigenvalue weighted by Gasteiger charge is -2.12. The van der Waals surface area contributed by atoms with Crippen LogP contribution >= 0.6 is 22.9 Å². The molecule has 0 spiro atoms. The monoisotopic (exact) mass is 291 g/mol. The molecule has 0 aliphatic carbocycles. The van der Waals surface area contributed by atoms with Crippen LogP contribution in [0, 0.1) is 0 Å². The van der Waals surface area contributed by atoms with E-state index < -0.39 is 0 Å². The lowest BCUT2D eigenvalue weighted by Crippen LogP contribution is -2.03. The van der Waals surface area contributed by atoms with Gasteiger partial charge in [0.25, 0.3) is 0 Å². The molecule has 3 rings (SSSR count). The maximum Gasteiger partial charge on any atom is 0.144 e. The van der Waals surface area contributed by atoms with Gasteiger partial charge in [0.1, 0.15) is 5.82 Å². The fourth-order valence-electron chi connectivity index (χ4n) is 2.29. The van der Waals surface area contributed by atoms with Gasteiger partial charge in [-0.3, -0.25) is 0 Å². The topological polar surface area (TPSA) is 43.8 Å². The molecule has 2 heterocycles. The van der Waals surface area contributed by atoms with Crippen LogP contribution < -0.4 is 5.73 Å². The van der Waals surface area contributed by atoms with Crippen LogP contribution in [0.5, 0.6) is 0 Å². The highest BCUT2D eigenvalue weighted by atomic mass is 35.5. The number of thiophene rings is 1. The second kappa shape index (κ2) is 4.54. The molecule has 0 amide bonds. The van der Waals surface area contributed by atoms with Crippen LogP contribution in [-0.4, -0.2) is 9.55 Å². The van der Waals surface area contributed by atoms with Gasteiger partial charge in [-0.05, 0) is 43.5 Å². The Hall–Kier alpha value is -1.52. The number of benzene rings is 1. The maximum absolute atomic E-state index is 6.04. The van der Waals surface area contributed by atoms with Gasteiger partial charge in [0.15, 0.2) is 0 Å². The molecule has 0 aliphatic heterocycles. The van der Waals surface area contributed by atoms with Crippen LogP contribution in [0.4, 0.5) is 5.00 Å². The van der Waals surface area contributed by atoms with Crippen LogP contribution in [0.1, 0.15) is 19.9 Å². The number of hydrogen-bond donors (Lipinski definition) is 1. The summed E-state index contributed by atoms with van der Waals surface area (Å²) >= 11 is 7.58. The summed E-state index contributed by atoms with van der Waals surface area (Å²) in [5.41, 5.74) is 9.01. The molecule has 5 heteroatoms. The molecule has 3 nitrogen and oxygen atoms in total. The largest absolute Gasteiger partial charge is 0.390 e. The van der Waals surface area contributed by atoms with Crippen LogP contribution in [0.3, 0.4) is 0 Å². The summed E-state index contributed by atoms with van der Waals surface area (Å²) in [5.74, 6) is 0.908. The molecular formula is C14H14ClN3S. The van der Waals surface area contributed by atoms with Crippen molar-refractivity contribution in [3.8, 4) is 11.4 Å². The zero-order valence-corrected chi connectivity index (χ0v) is 12.3. The van der Waals surface area contributed by atoms with Gasteiger partial charge in [0.2, 0.25) is 0 Å². The van der Waals surface area contributed by atoms with Crippen LogP contribution in [0.25, 0.3) is 22.4 Å². The Labute approximate surface area is 120 Å². The van der Waals surface area contributed by atoms with E-state index in [2.05, 4.69) is 18.4 Å². The third-order valence-corrected chi connectivity index (χ3v) is 4.09. The number of rotatable bonds is 2. The molecule has 0 radical (unpaired) electrons. The first kappa shape index (κ1) is 12.5. The molecule has 2 aromatic heterocycles. The summed E-state index contributed by atoms with van der Waals surface area (Å²) in [4.78, 5) is 4.70. The minimum Gasteiger partial charge on any atom is -0.390 e. The predicted octanol–water partition coefficient (Wildman–Crippen LogP) is 4.58. The molecule has 3 aromatic rings. The summed E-state index contributed by atoms with van der Waals surface area (Å²) in [5, 5.41) is 3.48. The Morgan fingerprint density at radius 3 is 2.74 bits per heavy atom. The Balaban J connectivity index is 2.35. The number of nitrogen functional groups attached to an aromatic ring is 1. The van der Waals surface area contributed by atoms with Gasteiger partial charge in [-0.2, -0.15) is 0 Å². The molecule has 0 fully saturated rings. The number of aromatic nitrogens is 2. The van der Waals surface area contributed by atoms with E-state index in [4.69, 9.17) is 22.3 Å². The van der Waals surface area contributed by atoms with E-state index in [1.165, 1.54) is 11.3 Å². The lowest BCUT2D eigenvalue weighted by atomic mass is 10.2. The summed E-state index contributed by atoms with van der Waals surface area (Å²) < 4.78 is 2.20. The summed E-state index contributed by atoms with van der Waals surface area (Å²) in [6, 6.07) is 8.12. The fraction of sp³-hybridized carbons (Fsp3) is 0.214. The summed E-state index contributed by atoms with van der Waals surface area (Å²) in [6.45, 7) is 4.28. The molecule has 0 atom stereocenters. The average Bonchev–Trinajstić information content (AvgIpc) is 2.91. The first-order valence-corrected chi connectivity index (χ1v) is 7.34. The smallest absolute Gasteiger partial charge is 0.144 e. The van der Waals surface area contributed by atoms with E-state index in [9.17, 15) is 0 Å². The normalized spacial score (nSPS) is 11.6. The second-order valence-electron chi connectivity index (χ2n) is 4.73. The van der Waals surface area contributed by atoms with E-state index in [1.54, 1.807) is 0 Å². The Kier molecular flexibility index (Phi) is 2.99. The predicted molar refractivity (Wildman–Crippen MR) is 82.9 cm³/mol. The quantitative estimate of drug-likeness (QED) is 0.751. The van der Waals surface area contributed by atoms with Crippen molar-refractivity contribution in [2.75, 3.05) is 5.73 Å². The van der Waals surface area contributed by atoms with Crippen molar-refractivity contribution in [1.29, 1.82) is 0 Å². The van der Waals surface area contributed by atoms with Gasteiger partial charge in [0, 0.05) is 11.1 Å². The van der Waals surface area contributed by atoms with Crippen molar-refractivity contribution in [2.24, 2.45) is 0 Å². The molecule has 0 bridgehead atoms. The van der Waals surface area contributed by atoms with E-state index in [1.807, 2.05) is 29.6 Å². The van der Waals surface area contributed by atoms with Gasteiger partial charge in [0.05, 0.1) is 21.6 Å². The molecule has 0 unspecified atom stereocenters. The number of nitrogens with zero attached hydrogens (tertiary/aromatic N) is 2. The summed E-state index contributed by atoms with van der Waals surface area (Å²) in [6.07, 6.45) is 0. The van der Waals surface area contributed by atoms with Gasteiger partial charge >= 0.3 is 0 Å². The molecule has 0 saturated heterocycles. The number of anilines is 1. The number of imidazole rings is 1. The van der Waals surface area contributed by atoms with Crippen molar-refractivity contribution in [3.63, 3.8) is 0 Å². The number of nitrogens with two attached hydrogens (primary N) is 1. The average molecular weight is 292 g/mol. The minimum absolute atomic E-state index is 0.306. The van der Waals surface area contributed by atoms with E-state index in [-0.39, 0.29) is 0 Å². The Morgan fingerprint density at radius 2 is 2.11 bits per heavy atom. The number of fused-ring (bicyclic) bond motifs is 1. The van der Waals surface area contributed by atoms with Crippen LogP contribution in [0.15, 0.2) is 29.6 Å². The van der Waals surface area contributed by atoms with Crippen LogP contribution in [0.2, 0.25) is 5.02 Å². The van der Waals surface area contributed by atoms with E-state index in [0.29, 0.717) is 11.1 Å². The van der Waals surface area contributed by atoms with Crippen molar-refractivity contribution < 1.29 is 0 Å². The van der Waals surface area contributed by atoms with Gasteiger partial charge < -0.3 is 10.3 Å². The van der Waals surface area contributed by atoms with E-state index >= 15 is 0 Å². The molecule has 98 valence electrons. The lowest BCUT2D eigenvalue weighted by molar-refractivity contribution is 0.624. The SMILES string of the molecule is CC(C)n1c(-c2ccsc2N)nc2cc(Cl)ccc21. The zero-order valence-electron chi connectivity index (χ0n) is 10.7. The van der Waals surface area contributed by atoms with Gasteiger partial charge in [-0.15, -0.1) is 11.3 Å². The Bertz CT molecular complexity index is 742. The van der Waals surface area contributed by atoms with Crippen molar-refractivity contribution >= 4 is 39.0 Å². The number of hydrogen-bond acceptors (Lipinski definition) is 3. The molecule has 0 aliphatic rings. The summed E-state index contributed by atoms with van der Waals surface area (Å²) in [7, 11) is 0. The highest BCUT2D eigenvalue weighted by Crippen LogP contribution is 2.34. The van der Waals surface area contributed by atoms with Gasteiger partial charge in [-0.25, -0.2) is 4.98 Å². The van der Waals surface area contributed by atoms with Crippen molar-refractivity contribution in [3.05, 3.63) is 34.7 Å². The highest BCUT2D eigenvalue weighted by Gasteiger charge is 2.17. The van der Waals surface area contributed by atoms with E-state index in [0.717, 1.165) is 27.4 Å². The maximum atomic E-state index is 6.04. The first-order chi connectivity index (χ1) is 9.08. The third-order valence-electron chi connectivity index (χ3n) is 3.10.